The smallest absolute Gasteiger partial charge is 0.212 e. The van der Waals surface area contributed by atoms with Crippen LogP contribution >= 0.6 is 0 Å². The van der Waals surface area contributed by atoms with Crippen molar-refractivity contribution >= 4 is 28.2 Å². The van der Waals surface area contributed by atoms with Crippen LogP contribution in [-0.4, -0.2) is 7.05 Å². The molecule has 0 unspecified atom stereocenters. The summed E-state index contributed by atoms with van der Waals surface area (Å²) in [5, 5.41) is 1.28. The minimum Gasteiger partial charge on any atom is -0.351 e. The number of rotatable bonds is 4. The van der Waals surface area contributed by atoms with E-state index in [1.54, 1.807) is 0 Å². The van der Waals surface area contributed by atoms with E-state index in [9.17, 15) is 0 Å². The maximum absolute atomic E-state index is 2.37. The molecule has 2 heterocycles. The number of fused-ring (bicyclic) bond motifs is 2. The van der Waals surface area contributed by atoms with Gasteiger partial charge in [0, 0.05) is 36.6 Å². The lowest BCUT2D eigenvalue weighted by Crippen LogP contribution is -2.28. The fraction of sp³-hybridized carbons (Fsp3) is 0.206. The van der Waals surface area contributed by atoms with Gasteiger partial charge < -0.3 is 4.90 Å². The summed E-state index contributed by atoms with van der Waals surface area (Å²) in [5.74, 6) is 0. The van der Waals surface area contributed by atoms with Crippen molar-refractivity contribution in [2.45, 2.75) is 26.7 Å². The second-order valence-electron chi connectivity index (χ2n) is 10.7. The Kier molecular flexibility index (Phi) is 6.61. The molecule has 0 spiro atoms. The molecule has 0 bridgehead atoms. The van der Waals surface area contributed by atoms with E-state index in [0.29, 0.717) is 0 Å². The average molecular weight is 472 g/mol. The number of para-hydroxylation sites is 2. The van der Waals surface area contributed by atoms with Gasteiger partial charge in [0.15, 0.2) is 6.20 Å². The van der Waals surface area contributed by atoms with Crippen molar-refractivity contribution in [2.75, 3.05) is 11.9 Å². The summed E-state index contributed by atoms with van der Waals surface area (Å²) < 4.78 is 2.17. The molecule has 2 heteroatoms. The SMILES string of the molecule is CN1C=CC(=CC=CC2=CC(=CC=Cc3cc[n+](C)c4ccccc34)CC(C)(C)C2)c2ccccc21. The van der Waals surface area contributed by atoms with Gasteiger partial charge in [-0.3, -0.25) is 0 Å². The molecule has 180 valence electrons. The van der Waals surface area contributed by atoms with Crippen LogP contribution in [0.5, 0.6) is 0 Å². The zero-order valence-corrected chi connectivity index (χ0v) is 21.8. The summed E-state index contributed by atoms with van der Waals surface area (Å²) >= 11 is 0. The largest absolute Gasteiger partial charge is 0.351 e. The van der Waals surface area contributed by atoms with Gasteiger partial charge in [0.2, 0.25) is 5.52 Å². The van der Waals surface area contributed by atoms with Crippen molar-refractivity contribution < 1.29 is 4.57 Å². The van der Waals surface area contributed by atoms with Crippen LogP contribution in [0.4, 0.5) is 5.69 Å². The van der Waals surface area contributed by atoms with E-state index in [1.165, 1.54) is 44.4 Å². The first-order valence-corrected chi connectivity index (χ1v) is 12.7. The molecule has 36 heavy (non-hydrogen) atoms. The first-order chi connectivity index (χ1) is 17.4. The van der Waals surface area contributed by atoms with Crippen LogP contribution in [0.25, 0.3) is 22.6 Å². The summed E-state index contributed by atoms with van der Waals surface area (Å²) in [6.07, 6.45) is 24.4. The number of nitrogens with zero attached hydrogens (tertiary/aromatic N) is 2. The van der Waals surface area contributed by atoms with Crippen molar-refractivity contribution in [3.05, 3.63) is 132 Å². The highest BCUT2D eigenvalue weighted by Gasteiger charge is 2.24. The van der Waals surface area contributed by atoms with E-state index in [1.807, 2.05) is 0 Å². The summed E-state index contributed by atoms with van der Waals surface area (Å²) in [6.45, 7) is 4.73. The molecule has 0 amide bonds. The van der Waals surface area contributed by atoms with Gasteiger partial charge in [-0.1, -0.05) is 86.7 Å². The van der Waals surface area contributed by atoms with Crippen LogP contribution in [0.1, 0.15) is 37.8 Å². The van der Waals surface area contributed by atoms with Gasteiger partial charge in [0.1, 0.15) is 7.05 Å². The van der Waals surface area contributed by atoms with E-state index in [-0.39, 0.29) is 5.41 Å². The molecule has 0 N–H and O–H groups in total. The molecule has 0 saturated carbocycles. The van der Waals surface area contributed by atoms with Crippen molar-refractivity contribution in [1.82, 2.24) is 0 Å². The third-order valence-electron chi connectivity index (χ3n) is 7.05. The second-order valence-corrected chi connectivity index (χ2v) is 10.7. The highest BCUT2D eigenvalue weighted by atomic mass is 15.1. The van der Waals surface area contributed by atoms with Crippen LogP contribution < -0.4 is 9.47 Å². The van der Waals surface area contributed by atoms with Crippen LogP contribution in [0.15, 0.2) is 121 Å². The number of benzene rings is 2. The summed E-state index contributed by atoms with van der Waals surface area (Å²) in [4.78, 5) is 2.17. The number of hydrogen-bond acceptors (Lipinski definition) is 1. The molecule has 5 rings (SSSR count). The minimum absolute atomic E-state index is 0.245. The van der Waals surface area contributed by atoms with Gasteiger partial charge in [0.05, 0.1) is 5.39 Å². The zero-order chi connectivity index (χ0) is 25.1. The quantitative estimate of drug-likeness (QED) is 0.350. The topological polar surface area (TPSA) is 7.12 Å². The van der Waals surface area contributed by atoms with E-state index in [4.69, 9.17) is 0 Å². The van der Waals surface area contributed by atoms with Crippen LogP contribution in [-0.2, 0) is 7.05 Å². The van der Waals surface area contributed by atoms with Gasteiger partial charge >= 0.3 is 0 Å². The molecule has 0 saturated heterocycles. The van der Waals surface area contributed by atoms with Crippen molar-refractivity contribution in [1.29, 1.82) is 0 Å². The third kappa shape index (κ3) is 5.18. The van der Waals surface area contributed by atoms with Crippen molar-refractivity contribution in [3.63, 3.8) is 0 Å². The Morgan fingerprint density at radius 2 is 1.67 bits per heavy atom. The molecule has 3 aromatic rings. The Morgan fingerprint density at radius 3 is 2.56 bits per heavy atom. The first-order valence-electron chi connectivity index (χ1n) is 12.7. The molecule has 2 aromatic carbocycles. The van der Waals surface area contributed by atoms with Crippen LogP contribution in [0.2, 0.25) is 0 Å². The number of anilines is 1. The first kappa shape index (κ1) is 23.8. The third-order valence-corrected chi connectivity index (χ3v) is 7.05. The Bertz CT molecular complexity index is 1470. The van der Waals surface area contributed by atoms with E-state index < -0.39 is 0 Å². The molecule has 0 radical (unpaired) electrons. The molecule has 1 aliphatic carbocycles. The second kappa shape index (κ2) is 9.99. The molecule has 0 fully saturated rings. The molecule has 1 aliphatic heterocycles. The summed E-state index contributed by atoms with van der Waals surface area (Å²) in [5.41, 5.74) is 9.27. The van der Waals surface area contributed by atoms with E-state index in [2.05, 4.69) is 153 Å². The predicted octanol–water partition coefficient (Wildman–Crippen LogP) is 7.95. The number of pyridine rings is 1. The van der Waals surface area contributed by atoms with Gasteiger partial charge in [0.25, 0.3) is 0 Å². The van der Waals surface area contributed by atoms with Gasteiger partial charge in [-0.2, -0.15) is 0 Å². The highest BCUT2D eigenvalue weighted by molar-refractivity contribution is 5.87. The number of aromatic nitrogens is 1. The lowest BCUT2D eigenvalue weighted by Gasteiger charge is -2.30. The van der Waals surface area contributed by atoms with Crippen molar-refractivity contribution in [2.24, 2.45) is 12.5 Å². The van der Waals surface area contributed by atoms with Gasteiger partial charge in [-0.25, -0.2) is 4.57 Å². The highest BCUT2D eigenvalue weighted by Crippen LogP contribution is 2.38. The summed E-state index contributed by atoms with van der Waals surface area (Å²) in [6, 6.07) is 19.3. The fourth-order valence-corrected chi connectivity index (χ4v) is 5.34. The standard InChI is InChI=1S/C34H35N2/c1-34(2)24-26(11-9-13-28-19-21-35(3)32-17-7-5-15-30(28)32)23-27(25-34)12-10-14-29-20-22-36(4)33-18-8-6-16-31(29)33/h5-23H,24-25H2,1-4H3/q+1. The summed E-state index contributed by atoms with van der Waals surface area (Å²) in [7, 11) is 4.19. The molecule has 1 aromatic heterocycles. The van der Waals surface area contributed by atoms with Crippen molar-refractivity contribution in [3.8, 4) is 0 Å². The minimum atomic E-state index is 0.245. The Balaban J connectivity index is 1.38. The molecule has 2 nitrogen and oxygen atoms in total. The molecular weight excluding hydrogens is 436 g/mol. The van der Waals surface area contributed by atoms with Gasteiger partial charge in [-0.05, 0) is 58.7 Å². The molecule has 0 atom stereocenters. The molecular formula is C34H35N2+. The van der Waals surface area contributed by atoms with Gasteiger partial charge in [-0.15, -0.1) is 0 Å². The fourth-order valence-electron chi connectivity index (χ4n) is 5.34. The lowest BCUT2D eigenvalue weighted by atomic mass is 9.75. The predicted molar refractivity (Wildman–Crippen MR) is 154 cm³/mol. The number of hydrogen-bond donors (Lipinski definition) is 0. The number of aryl methyl sites for hydroxylation is 1. The maximum atomic E-state index is 2.37. The maximum Gasteiger partial charge on any atom is 0.212 e. The lowest BCUT2D eigenvalue weighted by molar-refractivity contribution is -0.644. The normalized spacial score (nSPS) is 19.6. The van der Waals surface area contributed by atoms with E-state index >= 15 is 0 Å². The number of allylic oxidation sites excluding steroid dienone is 10. The Labute approximate surface area is 215 Å². The Morgan fingerprint density at radius 1 is 0.889 bits per heavy atom. The zero-order valence-electron chi connectivity index (χ0n) is 21.8. The van der Waals surface area contributed by atoms with Crippen LogP contribution in [0.3, 0.4) is 0 Å². The monoisotopic (exact) mass is 471 g/mol. The van der Waals surface area contributed by atoms with Crippen LogP contribution in [0, 0.1) is 5.41 Å². The van der Waals surface area contributed by atoms with E-state index in [0.717, 1.165) is 12.8 Å². The average Bonchev–Trinajstić information content (AvgIpc) is 2.86. The molecule has 2 aliphatic rings. The Hall–Kier alpha value is -3.91.